The molecule has 1 heterocycles. The highest BCUT2D eigenvalue weighted by Crippen LogP contribution is 2.05. The van der Waals surface area contributed by atoms with E-state index in [-0.39, 0.29) is 12.3 Å². The highest BCUT2D eigenvalue weighted by molar-refractivity contribution is 5.75. The summed E-state index contributed by atoms with van der Waals surface area (Å²) in [4.78, 5) is 23.4. The van der Waals surface area contributed by atoms with E-state index in [4.69, 9.17) is 5.11 Å². The lowest BCUT2D eigenvalue weighted by Gasteiger charge is -2.10. The first-order valence-electron chi connectivity index (χ1n) is 5.33. The Labute approximate surface area is 94.8 Å². The van der Waals surface area contributed by atoms with Gasteiger partial charge in [-0.1, -0.05) is 5.92 Å². The van der Waals surface area contributed by atoms with E-state index in [2.05, 4.69) is 17.3 Å². The van der Waals surface area contributed by atoms with Crippen LogP contribution in [0, 0.1) is 12.0 Å². The number of carboxylic acids is 1. The van der Waals surface area contributed by atoms with Gasteiger partial charge in [-0.2, -0.15) is 0 Å². The molecule has 1 fully saturated rings. The normalized spacial score (nSPS) is 16.2. The van der Waals surface area contributed by atoms with Crippen LogP contribution in [0.3, 0.4) is 0 Å². The third kappa shape index (κ3) is 4.69. The van der Waals surface area contributed by atoms with Crippen molar-refractivity contribution in [2.45, 2.75) is 32.2 Å². The summed E-state index contributed by atoms with van der Waals surface area (Å²) in [7, 11) is 0. The summed E-state index contributed by atoms with van der Waals surface area (Å²) in [6.45, 7) is 3.20. The first-order chi connectivity index (χ1) is 7.58. The molecule has 0 aromatic heterocycles. The summed E-state index contributed by atoms with van der Waals surface area (Å²) in [5.74, 6) is 1.56. The molecule has 5 heteroatoms. The van der Waals surface area contributed by atoms with Crippen molar-refractivity contribution < 1.29 is 14.7 Å². The van der Waals surface area contributed by atoms with Gasteiger partial charge < -0.3 is 15.3 Å². The van der Waals surface area contributed by atoms with Crippen LogP contribution in [-0.4, -0.2) is 41.0 Å². The molecule has 1 aliphatic heterocycles. The molecule has 0 spiro atoms. The second kappa shape index (κ2) is 6.01. The summed E-state index contributed by atoms with van der Waals surface area (Å²) in [6.07, 6.45) is 2.08. The van der Waals surface area contributed by atoms with Crippen LogP contribution in [0.1, 0.15) is 26.2 Å². The molecule has 0 bridgehead atoms. The standard InChI is InChI=1S/C11H16N2O3/c1-9(14)12-10(8-11(15)16)4-7-13-5-2-3-6-13/h10H,2-3,5-6,8H2,1H3,(H,12,14)(H,15,16). The zero-order valence-corrected chi connectivity index (χ0v) is 9.32. The van der Waals surface area contributed by atoms with Crippen molar-refractivity contribution in [3.63, 3.8) is 0 Å². The van der Waals surface area contributed by atoms with Crippen molar-refractivity contribution in [1.29, 1.82) is 0 Å². The molecular formula is C11H16N2O3. The third-order valence-electron chi connectivity index (χ3n) is 2.26. The van der Waals surface area contributed by atoms with Gasteiger partial charge in [0.05, 0.1) is 6.42 Å². The Bertz CT molecular complexity index is 308. The molecule has 16 heavy (non-hydrogen) atoms. The Morgan fingerprint density at radius 1 is 1.44 bits per heavy atom. The van der Waals surface area contributed by atoms with E-state index >= 15 is 0 Å². The molecule has 1 rings (SSSR count). The summed E-state index contributed by atoms with van der Waals surface area (Å²) in [5, 5.41) is 11.2. The van der Waals surface area contributed by atoms with Crippen molar-refractivity contribution in [2.24, 2.45) is 0 Å². The SMILES string of the molecule is CC(=O)NC(C#CN1CCCC1)CC(=O)O. The van der Waals surface area contributed by atoms with Crippen LogP contribution < -0.4 is 5.32 Å². The molecule has 1 atom stereocenters. The van der Waals surface area contributed by atoms with Crippen LogP contribution in [0.5, 0.6) is 0 Å². The second-order valence-electron chi connectivity index (χ2n) is 3.80. The number of hydrogen-bond acceptors (Lipinski definition) is 3. The number of carbonyl (C=O) groups excluding carboxylic acids is 1. The predicted molar refractivity (Wildman–Crippen MR) is 58.4 cm³/mol. The van der Waals surface area contributed by atoms with E-state index in [1.54, 1.807) is 0 Å². The van der Waals surface area contributed by atoms with Crippen LogP contribution in [0.25, 0.3) is 0 Å². The molecular weight excluding hydrogens is 208 g/mol. The smallest absolute Gasteiger partial charge is 0.306 e. The molecule has 5 nitrogen and oxygen atoms in total. The highest BCUT2D eigenvalue weighted by Gasteiger charge is 2.12. The Morgan fingerprint density at radius 3 is 2.56 bits per heavy atom. The Balaban J connectivity index is 2.53. The second-order valence-corrected chi connectivity index (χ2v) is 3.80. The molecule has 1 saturated heterocycles. The van der Waals surface area contributed by atoms with Crippen molar-refractivity contribution in [2.75, 3.05) is 13.1 Å². The zero-order chi connectivity index (χ0) is 12.0. The number of rotatable bonds is 3. The van der Waals surface area contributed by atoms with Gasteiger partial charge in [-0.3, -0.25) is 9.59 Å². The van der Waals surface area contributed by atoms with Gasteiger partial charge in [-0.25, -0.2) is 0 Å². The van der Waals surface area contributed by atoms with Crippen LogP contribution in [0.4, 0.5) is 0 Å². The zero-order valence-electron chi connectivity index (χ0n) is 9.32. The lowest BCUT2D eigenvalue weighted by atomic mass is 10.2. The Hall–Kier alpha value is -1.70. The van der Waals surface area contributed by atoms with E-state index < -0.39 is 12.0 Å². The summed E-state index contributed by atoms with van der Waals surface area (Å²) in [5.41, 5.74) is 0. The van der Waals surface area contributed by atoms with Crippen LogP contribution in [0.2, 0.25) is 0 Å². The van der Waals surface area contributed by atoms with Crippen molar-refractivity contribution in [3.8, 4) is 12.0 Å². The van der Waals surface area contributed by atoms with Gasteiger partial charge in [-0.15, -0.1) is 0 Å². The van der Waals surface area contributed by atoms with Gasteiger partial charge in [0.25, 0.3) is 0 Å². The highest BCUT2D eigenvalue weighted by atomic mass is 16.4. The van der Waals surface area contributed by atoms with E-state index in [0.29, 0.717) is 0 Å². The number of carbonyl (C=O) groups is 2. The maximum Gasteiger partial charge on any atom is 0.306 e. The van der Waals surface area contributed by atoms with Gasteiger partial charge in [0.2, 0.25) is 5.91 Å². The average molecular weight is 224 g/mol. The minimum atomic E-state index is -0.963. The van der Waals surface area contributed by atoms with Crippen molar-refractivity contribution in [3.05, 3.63) is 0 Å². The van der Waals surface area contributed by atoms with Crippen molar-refractivity contribution >= 4 is 11.9 Å². The molecule has 0 radical (unpaired) electrons. The number of likely N-dealkylation sites (tertiary alicyclic amines) is 1. The van der Waals surface area contributed by atoms with Crippen LogP contribution in [0.15, 0.2) is 0 Å². The lowest BCUT2D eigenvalue weighted by molar-refractivity contribution is -0.137. The molecule has 1 aliphatic rings. The maximum atomic E-state index is 10.8. The fourth-order valence-corrected chi connectivity index (χ4v) is 1.56. The number of amides is 1. The van der Waals surface area contributed by atoms with E-state index in [0.717, 1.165) is 25.9 Å². The number of nitrogens with one attached hydrogen (secondary N) is 1. The first-order valence-corrected chi connectivity index (χ1v) is 5.33. The van der Waals surface area contributed by atoms with Gasteiger partial charge in [0, 0.05) is 26.1 Å². The molecule has 1 unspecified atom stereocenters. The topological polar surface area (TPSA) is 69.6 Å². The molecule has 0 aliphatic carbocycles. The van der Waals surface area contributed by atoms with Gasteiger partial charge >= 0.3 is 5.97 Å². The minimum Gasteiger partial charge on any atom is -0.481 e. The van der Waals surface area contributed by atoms with Crippen LogP contribution in [-0.2, 0) is 9.59 Å². The predicted octanol–water partition coefficient (Wildman–Crippen LogP) is 0.0225. The molecule has 0 aromatic rings. The monoisotopic (exact) mass is 224 g/mol. The Kier molecular flexibility index (Phi) is 4.65. The van der Waals surface area contributed by atoms with Gasteiger partial charge in [-0.05, 0) is 12.8 Å². The quantitative estimate of drug-likeness (QED) is 0.663. The van der Waals surface area contributed by atoms with Gasteiger partial charge in [0.1, 0.15) is 6.04 Å². The number of hydrogen-bond donors (Lipinski definition) is 2. The molecule has 0 aromatic carbocycles. The molecule has 2 N–H and O–H groups in total. The fraction of sp³-hybridized carbons (Fsp3) is 0.636. The largest absolute Gasteiger partial charge is 0.481 e. The minimum absolute atomic E-state index is 0.166. The third-order valence-corrected chi connectivity index (χ3v) is 2.26. The van der Waals surface area contributed by atoms with Crippen molar-refractivity contribution in [1.82, 2.24) is 10.2 Å². The number of carboxylic acid groups (broad SMARTS) is 1. The fourth-order valence-electron chi connectivity index (χ4n) is 1.56. The lowest BCUT2D eigenvalue weighted by Crippen LogP contribution is -2.34. The van der Waals surface area contributed by atoms with E-state index in [1.165, 1.54) is 6.92 Å². The number of aliphatic carboxylic acids is 1. The van der Waals surface area contributed by atoms with E-state index in [9.17, 15) is 9.59 Å². The Morgan fingerprint density at radius 2 is 2.06 bits per heavy atom. The van der Waals surface area contributed by atoms with Crippen LogP contribution >= 0.6 is 0 Å². The maximum absolute atomic E-state index is 10.8. The molecule has 0 saturated carbocycles. The molecule has 88 valence electrons. The summed E-state index contributed by atoms with van der Waals surface area (Å²) < 4.78 is 0. The first kappa shape index (κ1) is 12.4. The summed E-state index contributed by atoms with van der Waals surface area (Å²) in [6, 6.07) is 2.30. The van der Waals surface area contributed by atoms with Gasteiger partial charge in [0.15, 0.2) is 0 Å². The van der Waals surface area contributed by atoms with E-state index in [1.807, 2.05) is 4.90 Å². The average Bonchev–Trinajstić information content (AvgIpc) is 2.64. The summed E-state index contributed by atoms with van der Waals surface area (Å²) >= 11 is 0. The molecule has 1 amide bonds. The number of nitrogens with zero attached hydrogens (tertiary/aromatic N) is 1.